The predicted octanol–water partition coefficient (Wildman–Crippen LogP) is 1.46. The van der Waals surface area contributed by atoms with Gasteiger partial charge in [-0.3, -0.25) is 0 Å². The van der Waals surface area contributed by atoms with E-state index in [0.29, 0.717) is 18.8 Å². The van der Waals surface area contributed by atoms with Crippen molar-refractivity contribution in [3.63, 3.8) is 0 Å². The van der Waals surface area contributed by atoms with E-state index in [1.165, 1.54) is 6.07 Å². The van der Waals surface area contributed by atoms with E-state index in [1.807, 2.05) is 7.05 Å². The highest BCUT2D eigenvalue weighted by atomic mass is 19.1. The van der Waals surface area contributed by atoms with Gasteiger partial charge in [0, 0.05) is 5.56 Å². The number of hydrogen-bond acceptors (Lipinski definition) is 3. The van der Waals surface area contributed by atoms with Gasteiger partial charge in [-0.2, -0.15) is 0 Å². The summed E-state index contributed by atoms with van der Waals surface area (Å²) in [4.78, 5) is 0. The monoisotopic (exact) mass is 211 g/mol. The molecule has 0 saturated carbocycles. The summed E-state index contributed by atoms with van der Waals surface area (Å²) in [6.45, 7) is 1.07. The summed E-state index contributed by atoms with van der Waals surface area (Å²) in [6.07, 6.45) is -0.573. The molecule has 2 rings (SSSR count). The van der Waals surface area contributed by atoms with Crippen LogP contribution < -0.4 is 5.32 Å². The van der Waals surface area contributed by atoms with Gasteiger partial charge in [-0.25, -0.2) is 4.39 Å². The fraction of sp³-hybridized carbons (Fsp3) is 0.455. The van der Waals surface area contributed by atoms with Gasteiger partial charge in [0.1, 0.15) is 5.82 Å². The molecule has 1 heterocycles. The number of rotatable bonds is 2. The number of likely N-dealkylation sites (N-methyl/N-ethyl adjacent to an activating group) is 1. The van der Waals surface area contributed by atoms with Crippen LogP contribution in [0.2, 0.25) is 0 Å². The first-order valence-corrected chi connectivity index (χ1v) is 4.96. The van der Waals surface area contributed by atoms with Crippen molar-refractivity contribution in [2.45, 2.75) is 12.3 Å². The van der Waals surface area contributed by atoms with Crippen LogP contribution in [0.15, 0.2) is 24.3 Å². The molecule has 1 fully saturated rings. The van der Waals surface area contributed by atoms with Crippen molar-refractivity contribution in [2.24, 2.45) is 0 Å². The zero-order valence-corrected chi connectivity index (χ0v) is 8.57. The Morgan fingerprint density at radius 2 is 1.93 bits per heavy atom. The highest BCUT2D eigenvalue weighted by molar-refractivity contribution is 5.18. The lowest BCUT2D eigenvalue weighted by molar-refractivity contribution is -0.194. The first-order valence-electron chi connectivity index (χ1n) is 4.96. The lowest BCUT2D eigenvalue weighted by atomic mass is 10.2. The SMILES string of the molecule is CNC1COC(c2ccccc2F)OC1. The molecule has 0 amide bonds. The van der Waals surface area contributed by atoms with Crippen LogP contribution in [0.25, 0.3) is 0 Å². The summed E-state index contributed by atoms with van der Waals surface area (Å²) in [6, 6.07) is 6.70. The van der Waals surface area contributed by atoms with Gasteiger partial charge >= 0.3 is 0 Å². The normalized spacial score (nSPS) is 26.5. The van der Waals surface area contributed by atoms with Gasteiger partial charge in [0.15, 0.2) is 6.29 Å². The maximum atomic E-state index is 13.4. The number of nitrogens with one attached hydrogen (secondary N) is 1. The van der Waals surface area contributed by atoms with Gasteiger partial charge in [0.25, 0.3) is 0 Å². The molecule has 3 nitrogen and oxygen atoms in total. The predicted molar refractivity (Wildman–Crippen MR) is 53.9 cm³/mol. The maximum Gasteiger partial charge on any atom is 0.186 e. The third-order valence-electron chi connectivity index (χ3n) is 2.46. The molecule has 4 heteroatoms. The molecular weight excluding hydrogens is 197 g/mol. The Kier molecular flexibility index (Phi) is 3.30. The highest BCUT2D eigenvalue weighted by Crippen LogP contribution is 2.24. The molecule has 1 aliphatic heterocycles. The maximum absolute atomic E-state index is 13.4. The summed E-state index contributed by atoms with van der Waals surface area (Å²) < 4.78 is 24.2. The average Bonchev–Trinajstić information content (AvgIpc) is 2.30. The van der Waals surface area contributed by atoms with Crippen LogP contribution in [0.1, 0.15) is 11.9 Å². The second-order valence-corrected chi connectivity index (χ2v) is 3.51. The minimum Gasteiger partial charge on any atom is -0.347 e. The average molecular weight is 211 g/mol. The standard InChI is InChI=1S/C11H14FNO2/c1-13-8-6-14-11(15-7-8)9-4-2-3-5-10(9)12/h2-5,8,11,13H,6-7H2,1H3. The Balaban J connectivity index is 2.04. The van der Waals surface area contributed by atoms with Crippen molar-refractivity contribution >= 4 is 0 Å². The van der Waals surface area contributed by atoms with Gasteiger partial charge < -0.3 is 14.8 Å². The minimum absolute atomic E-state index is 0.188. The first-order chi connectivity index (χ1) is 7.31. The molecule has 15 heavy (non-hydrogen) atoms. The zero-order valence-electron chi connectivity index (χ0n) is 8.57. The summed E-state index contributed by atoms with van der Waals surface area (Å²) in [5.74, 6) is -0.287. The van der Waals surface area contributed by atoms with Crippen LogP contribution >= 0.6 is 0 Å². The van der Waals surface area contributed by atoms with Crippen molar-refractivity contribution < 1.29 is 13.9 Å². The molecule has 1 N–H and O–H groups in total. The molecule has 0 atom stereocenters. The Hall–Kier alpha value is -0.970. The van der Waals surface area contributed by atoms with Crippen LogP contribution in [0.3, 0.4) is 0 Å². The molecule has 0 bridgehead atoms. The molecule has 82 valence electrons. The van der Waals surface area contributed by atoms with Crippen molar-refractivity contribution in [3.05, 3.63) is 35.6 Å². The van der Waals surface area contributed by atoms with Gasteiger partial charge in [-0.1, -0.05) is 18.2 Å². The summed E-state index contributed by atoms with van der Waals surface area (Å²) in [5.41, 5.74) is 0.465. The van der Waals surface area contributed by atoms with E-state index >= 15 is 0 Å². The van der Waals surface area contributed by atoms with E-state index in [1.54, 1.807) is 18.2 Å². The topological polar surface area (TPSA) is 30.5 Å². The minimum atomic E-state index is -0.573. The molecule has 1 aromatic rings. The van der Waals surface area contributed by atoms with E-state index < -0.39 is 6.29 Å². The fourth-order valence-electron chi connectivity index (χ4n) is 1.52. The number of hydrogen-bond donors (Lipinski definition) is 1. The second kappa shape index (κ2) is 4.70. The van der Waals surface area contributed by atoms with Gasteiger partial charge in [0.05, 0.1) is 19.3 Å². The van der Waals surface area contributed by atoms with Crippen LogP contribution in [0, 0.1) is 5.82 Å². The second-order valence-electron chi connectivity index (χ2n) is 3.51. The van der Waals surface area contributed by atoms with Crippen molar-refractivity contribution in [1.82, 2.24) is 5.32 Å². The lowest BCUT2D eigenvalue weighted by Gasteiger charge is -2.29. The largest absolute Gasteiger partial charge is 0.347 e. The first kappa shape index (κ1) is 10.5. The van der Waals surface area contributed by atoms with Crippen molar-refractivity contribution in [2.75, 3.05) is 20.3 Å². The Labute approximate surface area is 88.2 Å². The summed E-state index contributed by atoms with van der Waals surface area (Å²) in [5, 5.41) is 3.05. The molecule has 0 unspecified atom stereocenters. The number of benzene rings is 1. The Morgan fingerprint density at radius 1 is 1.27 bits per heavy atom. The molecule has 1 aliphatic rings. The van der Waals surface area contributed by atoms with E-state index in [4.69, 9.17) is 9.47 Å². The zero-order chi connectivity index (χ0) is 10.7. The quantitative estimate of drug-likeness (QED) is 0.803. The van der Waals surface area contributed by atoms with E-state index in [0.717, 1.165) is 0 Å². The van der Waals surface area contributed by atoms with Gasteiger partial charge in [-0.05, 0) is 13.1 Å². The Bertz CT molecular complexity index is 324. The van der Waals surface area contributed by atoms with Crippen LogP contribution in [-0.2, 0) is 9.47 Å². The fourth-order valence-corrected chi connectivity index (χ4v) is 1.52. The van der Waals surface area contributed by atoms with Crippen molar-refractivity contribution in [3.8, 4) is 0 Å². The number of ether oxygens (including phenoxy) is 2. The van der Waals surface area contributed by atoms with Crippen LogP contribution in [0.4, 0.5) is 4.39 Å². The summed E-state index contributed by atoms with van der Waals surface area (Å²) >= 11 is 0. The lowest BCUT2D eigenvalue weighted by Crippen LogP contribution is -2.40. The van der Waals surface area contributed by atoms with Crippen LogP contribution in [-0.4, -0.2) is 26.3 Å². The summed E-state index contributed by atoms with van der Waals surface area (Å²) in [7, 11) is 1.85. The van der Waals surface area contributed by atoms with E-state index in [2.05, 4.69) is 5.32 Å². The molecule has 0 radical (unpaired) electrons. The Morgan fingerprint density at radius 3 is 2.53 bits per heavy atom. The van der Waals surface area contributed by atoms with E-state index in [-0.39, 0.29) is 11.9 Å². The molecule has 1 saturated heterocycles. The van der Waals surface area contributed by atoms with Gasteiger partial charge in [0.2, 0.25) is 0 Å². The van der Waals surface area contributed by atoms with Gasteiger partial charge in [-0.15, -0.1) is 0 Å². The molecule has 0 spiro atoms. The molecule has 0 aromatic heterocycles. The third-order valence-corrected chi connectivity index (χ3v) is 2.46. The van der Waals surface area contributed by atoms with Crippen LogP contribution in [0.5, 0.6) is 0 Å². The van der Waals surface area contributed by atoms with Crippen molar-refractivity contribution in [1.29, 1.82) is 0 Å². The smallest absolute Gasteiger partial charge is 0.186 e. The third kappa shape index (κ3) is 2.34. The number of halogens is 1. The van der Waals surface area contributed by atoms with E-state index in [9.17, 15) is 4.39 Å². The molecule has 1 aromatic carbocycles. The highest BCUT2D eigenvalue weighted by Gasteiger charge is 2.24. The molecular formula is C11H14FNO2. The molecule has 0 aliphatic carbocycles.